The second-order valence-electron chi connectivity index (χ2n) is 6.09. The first-order valence-electron chi connectivity index (χ1n) is 7.66. The van der Waals surface area contributed by atoms with Crippen LogP contribution in [0.3, 0.4) is 0 Å². The Kier molecular flexibility index (Phi) is 7.84. The Bertz CT molecular complexity index is 271. The van der Waals surface area contributed by atoms with E-state index in [4.69, 9.17) is 5.73 Å². The Morgan fingerprint density at radius 1 is 1.42 bits per heavy atom. The van der Waals surface area contributed by atoms with E-state index in [1.165, 1.54) is 12.2 Å². The van der Waals surface area contributed by atoms with E-state index >= 15 is 0 Å². The zero-order valence-corrected chi connectivity index (χ0v) is 13.5. The van der Waals surface area contributed by atoms with Crippen LogP contribution in [0.15, 0.2) is 0 Å². The maximum Gasteiger partial charge on any atom is 0.220 e. The quantitative estimate of drug-likeness (QED) is 0.721. The van der Waals surface area contributed by atoms with Crippen molar-refractivity contribution in [3.63, 3.8) is 0 Å². The Morgan fingerprint density at radius 3 is 2.74 bits per heavy atom. The molecule has 19 heavy (non-hydrogen) atoms. The molecule has 0 aliphatic heterocycles. The summed E-state index contributed by atoms with van der Waals surface area (Å²) in [5.74, 6) is 2.32. The Morgan fingerprint density at radius 2 is 2.16 bits per heavy atom. The summed E-state index contributed by atoms with van der Waals surface area (Å²) in [6, 6.07) is 0.397. The van der Waals surface area contributed by atoms with Gasteiger partial charge in [-0.1, -0.05) is 20.8 Å². The van der Waals surface area contributed by atoms with Crippen LogP contribution in [-0.4, -0.2) is 29.5 Å². The highest BCUT2D eigenvalue weighted by Crippen LogP contribution is 2.29. The van der Waals surface area contributed by atoms with E-state index in [0.29, 0.717) is 30.8 Å². The first-order valence-corrected chi connectivity index (χ1v) is 8.71. The molecule has 0 bridgehead atoms. The van der Waals surface area contributed by atoms with Crippen molar-refractivity contribution in [2.24, 2.45) is 17.6 Å². The minimum Gasteiger partial charge on any atom is -0.353 e. The van der Waals surface area contributed by atoms with E-state index in [1.807, 2.05) is 11.8 Å². The van der Waals surface area contributed by atoms with Gasteiger partial charge in [-0.05, 0) is 49.8 Å². The molecule has 0 aromatic rings. The molecule has 0 aromatic carbocycles. The summed E-state index contributed by atoms with van der Waals surface area (Å²) in [7, 11) is 0. The van der Waals surface area contributed by atoms with Crippen LogP contribution in [0, 0.1) is 11.8 Å². The van der Waals surface area contributed by atoms with Crippen LogP contribution >= 0.6 is 11.8 Å². The average molecular weight is 286 g/mol. The van der Waals surface area contributed by atoms with Crippen molar-refractivity contribution in [3.8, 4) is 0 Å². The summed E-state index contributed by atoms with van der Waals surface area (Å²) < 4.78 is 0. The van der Waals surface area contributed by atoms with Crippen molar-refractivity contribution in [1.29, 1.82) is 0 Å². The second kappa shape index (κ2) is 8.85. The molecular weight excluding hydrogens is 256 g/mol. The molecule has 3 N–H and O–H groups in total. The van der Waals surface area contributed by atoms with Crippen molar-refractivity contribution >= 4 is 17.7 Å². The fourth-order valence-electron chi connectivity index (χ4n) is 2.94. The van der Waals surface area contributed by atoms with Crippen LogP contribution in [-0.2, 0) is 4.79 Å². The molecule has 112 valence electrons. The minimum atomic E-state index is 0.197. The van der Waals surface area contributed by atoms with Crippen molar-refractivity contribution in [2.75, 3.05) is 12.3 Å². The summed E-state index contributed by atoms with van der Waals surface area (Å²) in [5, 5.41) is 3.94. The van der Waals surface area contributed by atoms with Crippen molar-refractivity contribution in [2.45, 2.75) is 64.2 Å². The van der Waals surface area contributed by atoms with Crippen LogP contribution in [0.2, 0.25) is 0 Å². The van der Waals surface area contributed by atoms with Crippen molar-refractivity contribution < 1.29 is 4.79 Å². The highest BCUT2D eigenvalue weighted by Gasteiger charge is 2.26. The number of hydrogen-bond acceptors (Lipinski definition) is 3. The summed E-state index contributed by atoms with van der Waals surface area (Å²) in [5.41, 5.74) is 5.76. The van der Waals surface area contributed by atoms with Gasteiger partial charge in [0.2, 0.25) is 5.91 Å². The first-order chi connectivity index (χ1) is 9.05. The lowest BCUT2D eigenvalue weighted by atomic mass is 9.94. The van der Waals surface area contributed by atoms with E-state index in [-0.39, 0.29) is 5.91 Å². The molecule has 3 unspecified atom stereocenters. The second-order valence-corrected chi connectivity index (χ2v) is 7.67. The summed E-state index contributed by atoms with van der Waals surface area (Å²) in [4.78, 5) is 12.0. The summed E-state index contributed by atoms with van der Waals surface area (Å²) in [6.45, 7) is 7.19. The van der Waals surface area contributed by atoms with E-state index in [1.54, 1.807) is 0 Å². The molecule has 0 radical (unpaired) electrons. The molecule has 1 aliphatic rings. The van der Waals surface area contributed by atoms with E-state index in [0.717, 1.165) is 24.5 Å². The first kappa shape index (κ1) is 16.8. The number of nitrogens with one attached hydrogen (secondary N) is 1. The van der Waals surface area contributed by atoms with Crippen molar-refractivity contribution in [1.82, 2.24) is 5.32 Å². The van der Waals surface area contributed by atoms with Gasteiger partial charge in [-0.3, -0.25) is 4.79 Å². The van der Waals surface area contributed by atoms with Crippen molar-refractivity contribution in [3.05, 3.63) is 0 Å². The molecule has 0 saturated heterocycles. The fourth-order valence-corrected chi connectivity index (χ4v) is 4.08. The van der Waals surface area contributed by atoms with Gasteiger partial charge in [0, 0.05) is 17.7 Å². The van der Waals surface area contributed by atoms with Gasteiger partial charge >= 0.3 is 0 Å². The maximum absolute atomic E-state index is 12.0. The van der Waals surface area contributed by atoms with Gasteiger partial charge in [0.05, 0.1) is 0 Å². The maximum atomic E-state index is 12.0. The van der Waals surface area contributed by atoms with Crippen LogP contribution in [0.4, 0.5) is 0 Å². The summed E-state index contributed by atoms with van der Waals surface area (Å²) in [6.07, 6.45) is 5.16. The highest BCUT2D eigenvalue weighted by atomic mass is 32.2. The van der Waals surface area contributed by atoms with E-state index in [2.05, 4.69) is 26.1 Å². The van der Waals surface area contributed by atoms with Gasteiger partial charge < -0.3 is 11.1 Å². The molecular formula is C15H30N2OS. The van der Waals surface area contributed by atoms with Gasteiger partial charge in [-0.25, -0.2) is 0 Å². The molecule has 1 amide bonds. The molecule has 1 saturated carbocycles. The normalized spacial score (nSPS) is 24.7. The van der Waals surface area contributed by atoms with Gasteiger partial charge in [0.25, 0.3) is 0 Å². The Labute approximate surface area is 122 Å². The SMILES string of the molecule is CCSC1CCC(NC(=O)CC(CN)CC(C)C)C1. The predicted octanol–water partition coefficient (Wildman–Crippen LogP) is 2.79. The Hall–Kier alpha value is -0.220. The van der Waals surface area contributed by atoms with Crippen LogP contribution in [0.25, 0.3) is 0 Å². The lowest BCUT2D eigenvalue weighted by Gasteiger charge is -2.19. The van der Waals surface area contributed by atoms with Gasteiger partial charge in [-0.15, -0.1) is 0 Å². The number of amides is 1. The molecule has 3 atom stereocenters. The minimum absolute atomic E-state index is 0.197. The van der Waals surface area contributed by atoms with Gasteiger partial charge in [0.15, 0.2) is 0 Å². The standard InChI is InChI=1S/C15H30N2OS/c1-4-19-14-6-5-13(9-14)17-15(18)8-12(10-16)7-11(2)3/h11-14H,4-10,16H2,1-3H3,(H,17,18). The van der Waals surface area contributed by atoms with Crippen LogP contribution in [0.5, 0.6) is 0 Å². The molecule has 1 rings (SSSR count). The Balaban J connectivity index is 2.27. The number of hydrogen-bond donors (Lipinski definition) is 2. The number of carbonyl (C=O) groups excluding carboxylic acids is 1. The largest absolute Gasteiger partial charge is 0.353 e. The van der Waals surface area contributed by atoms with Gasteiger partial charge in [-0.2, -0.15) is 11.8 Å². The third-order valence-corrected chi connectivity index (χ3v) is 5.00. The lowest BCUT2D eigenvalue weighted by Crippen LogP contribution is -2.35. The number of rotatable bonds is 8. The fraction of sp³-hybridized carbons (Fsp3) is 0.933. The molecule has 0 heterocycles. The molecule has 0 aromatic heterocycles. The monoisotopic (exact) mass is 286 g/mol. The average Bonchev–Trinajstić information content (AvgIpc) is 2.75. The lowest BCUT2D eigenvalue weighted by molar-refractivity contribution is -0.122. The number of carbonyl (C=O) groups is 1. The molecule has 0 spiro atoms. The predicted molar refractivity (Wildman–Crippen MR) is 84.3 cm³/mol. The molecule has 1 fully saturated rings. The topological polar surface area (TPSA) is 55.1 Å². The highest BCUT2D eigenvalue weighted by molar-refractivity contribution is 7.99. The van der Waals surface area contributed by atoms with Gasteiger partial charge in [0.1, 0.15) is 0 Å². The zero-order valence-electron chi connectivity index (χ0n) is 12.7. The van der Waals surface area contributed by atoms with E-state index < -0.39 is 0 Å². The summed E-state index contributed by atoms with van der Waals surface area (Å²) >= 11 is 2.03. The third-order valence-electron chi connectivity index (χ3n) is 3.76. The number of thioether (sulfide) groups is 1. The molecule has 4 heteroatoms. The zero-order chi connectivity index (χ0) is 14.3. The third kappa shape index (κ3) is 6.66. The van der Waals surface area contributed by atoms with E-state index in [9.17, 15) is 4.79 Å². The molecule has 3 nitrogen and oxygen atoms in total. The van der Waals surface area contributed by atoms with Crippen LogP contribution < -0.4 is 11.1 Å². The van der Waals surface area contributed by atoms with Crippen LogP contribution in [0.1, 0.15) is 52.9 Å². The smallest absolute Gasteiger partial charge is 0.220 e. The number of nitrogens with two attached hydrogens (primary N) is 1. The molecule has 1 aliphatic carbocycles.